The van der Waals surface area contributed by atoms with Crippen LogP contribution in [-0.4, -0.2) is 121 Å². The van der Waals surface area contributed by atoms with Crippen LogP contribution in [0.25, 0.3) is 32.8 Å². The molecule has 2 fully saturated rings. The molecular formula is C53H58FN7O9. The topological polar surface area (TPSA) is 178 Å². The quantitative estimate of drug-likeness (QED) is 0.0662. The van der Waals surface area contributed by atoms with E-state index in [1.165, 1.54) is 18.2 Å². The van der Waals surface area contributed by atoms with E-state index < -0.39 is 54.0 Å². The number of imide groups is 2. The van der Waals surface area contributed by atoms with E-state index in [0.29, 0.717) is 86.7 Å². The molecule has 16 nitrogen and oxygen atoms in total. The second-order valence-electron chi connectivity index (χ2n) is 19.2. The van der Waals surface area contributed by atoms with Crippen LogP contribution in [0.3, 0.4) is 0 Å². The summed E-state index contributed by atoms with van der Waals surface area (Å²) in [5, 5.41) is 21.9. The van der Waals surface area contributed by atoms with Crippen molar-refractivity contribution >= 4 is 51.2 Å². The van der Waals surface area contributed by atoms with Crippen molar-refractivity contribution in [2.24, 2.45) is 7.05 Å². The van der Waals surface area contributed by atoms with Gasteiger partial charge in [0.05, 0.1) is 40.2 Å². The maximum absolute atomic E-state index is 16.6. The summed E-state index contributed by atoms with van der Waals surface area (Å²) in [6.45, 7) is 12.1. The molecule has 3 aliphatic heterocycles. The van der Waals surface area contributed by atoms with Crippen molar-refractivity contribution in [2.45, 2.75) is 84.8 Å². The van der Waals surface area contributed by atoms with Crippen molar-refractivity contribution in [3.8, 4) is 22.6 Å². The highest BCUT2D eigenvalue weighted by Gasteiger charge is 2.46. The Kier molecular flexibility index (Phi) is 13.4. The van der Waals surface area contributed by atoms with E-state index in [-0.39, 0.29) is 35.6 Å². The van der Waals surface area contributed by atoms with Crippen LogP contribution in [0, 0.1) is 19.7 Å². The number of ether oxygens (including phenoxy) is 3. The molecule has 0 aliphatic carbocycles. The zero-order valence-electron chi connectivity index (χ0n) is 40.3. The number of carbonyl (C=O) groups excluding carboxylic acids is 5. The number of fused-ring (bicyclic) bond motifs is 3. The Hall–Kier alpha value is -6.95. The van der Waals surface area contributed by atoms with Crippen molar-refractivity contribution in [2.75, 3.05) is 45.9 Å². The van der Waals surface area contributed by atoms with Gasteiger partial charge in [0.25, 0.3) is 17.7 Å². The van der Waals surface area contributed by atoms with E-state index in [9.17, 15) is 29.1 Å². The van der Waals surface area contributed by atoms with Crippen molar-refractivity contribution in [1.29, 1.82) is 0 Å². The Balaban J connectivity index is 0.938. The Morgan fingerprint density at radius 2 is 1.59 bits per heavy atom. The molecule has 3 aliphatic rings. The number of nitrogens with one attached hydrogen (secondary N) is 1. The minimum atomic E-state index is -1.36. The van der Waals surface area contributed by atoms with E-state index in [2.05, 4.69) is 15.3 Å². The average Bonchev–Trinajstić information content (AvgIpc) is 3.88. The summed E-state index contributed by atoms with van der Waals surface area (Å²) in [7, 11) is 1.84. The molecule has 6 aromatic rings. The fourth-order valence-electron chi connectivity index (χ4n) is 10.1. The number of hydrogen-bond acceptors (Lipinski definition) is 11. The summed E-state index contributed by atoms with van der Waals surface area (Å²) in [6.07, 6.45) is -0.254. The number of aryl methyl sites for hydroxylation is 3. The van der Waals surface area contributed by atoms with Gasteiger partial charge in [0.15, 0.2) is 12.9 Å². The predicted molar refractivity (Wildman–Crippen MR) is 259 cm³/mol. The number of rotatable bonds is 15. The number of aliphatic hydroxyl groups is 1. The van der Waals surface area contributed by atoms with Crippen LogP contribution in [0.2, 0.25) is 0 Å². The molecule has 0 spiro atoms. The summed E-state index contributed by atoms with van der Waals surface area (Å²) in [5.74, 6) is -2.46. The average molecular weight is 956 g/mol. The number of halogens is 1. The second kappa shape index (κ2) is 19.4. The molecular weight excluding hydrogens is 898 g/mol. The first kappa shape index (κ1) is 48.1. The molecule has 5 heterocycles. The monoisotopic (exact) mass is 955 g/mol. The van der Waals surface area contributed by atoms with Crippen molar-refractivity contribution in [3.05, 3.63) is 112 Å². The van der Waals surface area contributed by atoms with E-state index in [1.807, 2.05) is 88.7 Å². The van der Waals surface area contributed by atoms with Gasteiger partial charge in [0, 0.05) is 80.3 Å². The first-order valence-electron chi connectivity index (χ1n) is 23.8. The van der Waals surface area contributed by atoms with Gasteiger partial charge in [-0.25, -0.2) is 4.39 Å². The SMILES string of the molecule is Cc1nn(C)c(C)c1-c1c(F)ccc2c(CCCOc3cccc4ccccc34)c(C(O)OC(C)(C)C)n(CCN3CCN(C(=O)COc4cccc5c4C(=O)N(C4CCC(=O)NC4=O)C5=O)CC3)c12. The minimum Gasteiger partial charge on any atom is -0.493 e. The number of benzene rings is 4. The molecule has 0 radical (unpaired) electrons. The molecule has 2 unspecified atom stereocenters. The number of aliphatic hydroxyl groups excluding tert-OH is 1. The zero-order chi connectivity index (χ0) is 49.6. The van der Waals surface area contributed by atoms with Crippen LogP contribution < -0.4 is 14.8 Å². The summed E-state index contributed by atoms with van der Waals surface area (Å²) >= 11 is 0. The second-order valence-corrected chi connectivity index (χ2v) is 19.2. The molecule has 2 atom stereocenters. The molecule has 70 heavy (non-hydrogen) atoms. The smallest absolute Gasteiger partial charge is 0.266 e. The fraction of sp³-hybridized carbons (Fsp3) is 0.396. The van der Waals surface area contributed by atoms with E-state index >= 15 is 4.39 Å². The lowest BCUT2D eigenvalue weighted by Gasteiger charge is -2.35. The van der Waals surface area contributed by atoms with Crippen LogP contribution in [-0.2, 0) is 39.1 Å². The highest BCUT2D eigenvalue weighted by molar-refractivity contribution is 6.24. The van der Waals surface area contributed by atoms with Gasteiger partial charge in [-0.15, -0.1) is 0 Å². The fourth-order valence-corrected chi connectivity index (χ4v) is 10.1. The Labute approximate surface area is 404 Å². The normalized spacial score (nSPS) is 17.2. The molecule has 9 rings (SSSR count). The third-order valence-corrected chi connectivity index (χ3v) is 13.5. The highest BCUT2D eigenvalue weighted by atomic mass is 19.1. The van der Waals surface area contributed by atoms with Crippen LogP contribution in [0.5, 0.6) is 11.5 Å². The van der Waals surface area contributed by atoms with Gasteiger partial charge in [-0.05, 0) is 95.2 Å². The van der Waals surface area contributed by atoms with Crippen molar-refractivity contribution in [1.82, 2.24) is 34.4 Å². The molecule has 2 saturated heterocycles. The standard InChI is InChI=1S/C53H58FN7O9/c1-31-44(32(2)57(6)56-31)46-38(54)20-19-36-35(16-11-29-68-40-17-9-13-33-12-7-8-14-34(33)40)48(52(67)70-53(3,4)5)60(47(36)46)28-25-58-23-26-59(27-24-58)43(63)30-69-41-18-10-15-37-45(41)51(66)61(50(37)65)39-21-22-42(62)55-49(39)64/h7-10,12-15,17-20,39,52,67H,11,16,21-30H2,1-6H3,(H,55,62,64). The van der Waals surface area contributed by atoms with Crippen LogP contribution in [0.4, 0.5) is 4.39 Å². The van der Waals surface area contributed by atoms with Crippen molar-refractivity contribution < 1.29 is 47.7 Å². The summed E-state index contributed by atoms with van der Waals surface area (Å²) in [4.78, 5) is 69.6. The molecule has 17 heteroatoms. The van der Waals surface area contributed by atoms with Gasteiger partial charge in [0.1, 0.15) is 23.4 Å². The maximum atomic E-state index is 16.6. The molecule has 0 bridgehead atoms. The Bertz CT molecular complexity index is 3050. The Morgan fingerprint density at radius 3 is 2.31 bits per heavy atom. The van der Waals surface area contributed by atoms with Gasteiger partial charge >= 0.3 is 0 Å². The van der Waals surface area contributed by atoms with Gasteiger partial charge in [-0.1, -0.05) is 42.5 Å². The molecule has 4 aromatic carbocycles. The summed E-state index contributed by atoms with van der Waals surface area (Å²) in [6, 6.07) is 20.7. The number of amides is 5. The number of aromatic nitrogens is 3. The number of nitrogens with zero attached hydrogens (tertiary/aromatic N) is 6. The molecule has 2 aromatic heterocycles. The first-order valence-corrected chi connectivity index (χ1v) is 23.8. The van der Waals surface area contributed by atoms with E-state index in [0.717, 1.165) is 38.1 Å². The van der Waals surface area contributed by atoms with Crippen LogP contribution in [0.1, 0.15) is 89.7 Å². The third kappa shape index (κ3) is 9.28. The molecule has 5 amide bonds. The van der Waals surface area contributed by atoms with Crippen LogP contribution >= 0.6 is 0 Å². The lowest BCUT2D eigenvalue weighted by Crippen LogP contribution is -2.54. The predicted octanol–water partition coefficient (Wildman–Crippen LogP) is 6.39. The molecule has 366 valence electrons. The largest absolute Gasteiger partial charge is 0.493 e. The lowest BCUT2D eigenvalue weighted by atomic mass is 9.98. The number of piperidine rings is 1. The summed E-state index contributed by atoms with van der Waals surface area (Å²) in [5.41, 5.74) is 3.87. The highest BCUT2D eigenvalue weighted by Crippen LogP contribution is 2.42. The summed E-state index contributed by atoms with van der Waals surface area (Å²) < 4.78 is 39.0. The molecule has 0 saturated carbocycles. The maximum Gasteiger partial charge on any atom is 0.266 e. The van der Waals surface area contributed by atoms with Gasteiger partial charge < -0.3 is 28.8 Å². The number of hydrogen-bond donors (Lipinski definition) is 2. The third-order valence-electron chi connectivity index (χ3n) is 13.5. The number of piperazine rings is 1. The van der Waals surface area contributed by atoms with Gasteiger partial charge in [-0.2, -0.15) is 5.10 Å². The van der Waals surface area contributed by atoms with Gasteiger partial charge in [0.2, 0.25) is 11.8 Å². The Morgan fingerprint density at radius 1 is 0.857 bits per heavy atom. The van der Waals surface area contributed by atoms with Crippen molar-refractivity contribution in [3.63, 3.8) is 0 Å². The lowest BCUT2D eigenvalue weighted by molar-refractivity contribution is -0.173. The zero-order valence-corrected chi connectivity index (χ0v) is 40.3. The van der Waals surface area contributed by atoms with Gasteiger partial charge in [-0.3, -0.25) is 43.8 Å². The van der Waals surface area contributed by atoms with Crippen LogP contribution in [0.15, 0.2) is 72.8 Å². The minimum absolute atomic E-state index is 0.00735. The first-order chi connectivity index (χ1) is 33.5. The van der Waals surface area contributed by atoms with E-state index in [4.69, 9.17) is 14.2 Å². The molecule has 2 N–H and O–H groups in total. The number of carbonyl (C=O) groups is 5. The van der Waals surface area contributed by atoms with E-state index in [1.54, 1.807) is 21.7 Å².